The fourth-order valence-corrected chi connectivity index (χ4v) is 2.38. The highest BCUT2D eigenvalue weighted by atomic mass is 16.7. The largest absolute Gasteiger partial charge is 0.454 e. The van der Waals surface area contributed by atoms with E-state index in [1.807, 2.05) is 18.2 Å². The van der Waals surface area contributed by atoms with Gasteiger partial charge < -0.3 is 24.6 Å². The van der Waals surface area contributed by atoms with Crippen molar-refractivity contribution in [2.24, 2.45) is 0 Å². The Labute approximate surface area is 142 Å². The number of nitrogens with one attached hydrogen (secondary N) is 2. The highest BCUT2D eigenvalue weighted by molar-refractivity contribution is 6.02. The van der Waals surface area contributed by atoms with Crippen molar-refractivity contribution in [2.45, 2.75) is 6.92 Å². The minimum Gasteiger partial charge on any atom is -0.454 e. The number of ether oxygens (including phenoxy) is 2. The van der Waals surface area contributed by atoms with Crippen LogP contribution >= 0.6 is 0 Å². The van der Waals surface area contributed by atoms with Crippen LogP contribution in [0.15, 0.2) is 47.1 Å². The molecule has 1 aromatic carbocycles. The number of hydrogen-bond donors (Lipinski definition) is 2. The number of carbonyl (C=O) groups is 1. The molecule has 25 heavy (non-hydrogen) atoms. The average Bonchev–Trinajstić information content (AvgIpc) is 3.23. The van der Waals surface area contributed by atoms with Gasteiger partial charge in [0.15, 0.2) is 17.3 Å². The molecule has 4 rings (SSSR count). The van der Waals surface area contributed by atoms with Gasteiger partial charge in [0.2, 0.25) is 6.79 Å². The van der Waals surface area contributed by atoms with E-state index in [0.29, 0.717) is 23.1 Å². The molecule has 0 atom stereocenters. The molecule has 2 aromatic heterocycles. The van der Waals surface area contributed by atoms with Crippen molar-refractivity contribution >= 4 is 23.1 Å². The molecule has 0 aliphatic carbocycles. The fraction of sp³-hybridized carbons (Fsp3) is 0.118. The summed E-state index contributed by atoms with van der Waals surface area (Å²) in [5.41, 5.74) is 1.79. The number of pyridine rings is 1. The highest BCUT2D eigenvalue weighted by Gasteiger charge is 2.14. The average molecular weight is 338 g/mol. The number of aromatic nitrogens is 2. The quantitative estimate of drug-likeness (QED) is 0.754. The molecule has 2 N–H and O–H groups in total. The smallest absolute Gasteiger partial charge is 0.275 e. The van der Waals surface area contributed by atoms with Gasteiger partial charge in [-0.25, -0.2) is 0 Å². The first-order valence-corrected chi connectivity index (χ1v) is 7.55. The van der Waals surface area contributed by atoms with Crippen molar-refractivity contribution < 1.29 is 18.8 Å². The summed E-state index contributed by atoms with van der Waals surface area (Å²) in [5.74, 6) is 1.98. The van der Waals surface area contributed by atoms with Gasteiger partial charge >= 0.3 is 0 Å². The lowest BCUT2D eigenvalue weighted by Gasteiger charge is -2.08. The summed E-state index contributed by atoms with van der Waals surface area (Å²) in [7, 11) is 0. The number of carbonyl (C=O) groups excluding carboxylic acids is 1. The maximum Gasteiger partial charge on any atom is 0.275 e. The second kappa shape index (κ2) is 6.16. The Balaban J connectivity index is 1.50. The Hall–Kier alpha value is -3.55. The normalized spacial score (nSPS) is 12.0. The number of anilines is 3. The van der Waals surface area contributed by atoms with E-state index in [1.54, 1.807) is 31.3 Å². The number of benzene rings is 1. The van der Waals surface area contributed by atoms with Crippen LogP contribution in [0.4, 0.5) is 17.2 Å². The van der Waals surface area contributed by atoms with E-state index in [4.69, 9.17) is 14.0 Å². The van der Waals surface area contributed by atoms with E-state index >= 15 is 0 Å². The van der Waals surface area contributed by atoms with E-state index in [-0.39, 0.29) is 18.4 Å². The fourth-order valence-electron chi connectivity index (χ4n) is 2.38. The van der Waals surface area contributed by atoms with Crippen LogP contribution in [-0.4, -0.2) is 22.8 Å². The van der Waals surface area contributed by atoms with Crippen LogP contribution in [0.25, 0.3) is 0 Å². The zero-order chi connectivity index (χ0) is 17.2. The summed E-state index contributed by atoms with van der Waals surface area (Å²) in [6.07, 6.45) is 1.55. The molecule has 0 spiro atoms. The van der Waals surface area contributed by atoms with Crippen LogP contribution < -0.4 is 20.1 Å². The molecule has 0 radical (unpaired) electrons. The Morgan fingerprint density at radius 2 is 1.92 bits per heavy atom. The van der Waals surface area contributed by atoms with Crippen molar-refractivity contribution in [3.8, 4) is 11.5 Å². The molecular weight excluding hydrogens is 324 g/mol. The van der Waals surface area contributed by atoms with Gasteiger partial charge in [-0.05, 0) is 31.2 Å². The van der Waals surface area contributed by atoms with Gasteiger partial charge in [-0.2, -0.15) is 0 Å². The lowest BCUT2D eigenvalue weighted by molar-refractivity contribution is 0.102. The second-order valence-corrected chi connectivity index (χ2v) is 5.40. The van der Waals surface area contributed by atoms with Crippen molar-refractivity contribution in [1.82, 2.24) is 10.1 Å². The number of amides is 1. The second-order valence-electron chi connectivity index (χ2n) is 5.40. The molecule has 8 nitrogen and oxygen atoms in total. The summed E-state index contributed by atoms with van der Waals surface area (Å²) in [6, 6.07) is 10.6. The van der Waals surface area contributed by atoms with Gasteiger partial charge in [-0.1, -0.05) is 5.16 Å². The highest BCUT2D eigenvalue weighted by Crippen LogP contribution is 2.35. The predicted octanol–water partition coefficient (Wildman–Crippen LogP) is 3.10. The number of hydrogen-bond acceptors (Lipinski definition) is 7. The standard InChI is InChI=1S/C17H14N4O4/c1-10-6-16(21-25-10)20-17(22)13-7-12(4-5-18-13)19-11-2-3-14-15(8-11)24-9-23-14/h2-8H,9H2,1H3,(H,18,19)(H,20,21,22). The lowest BCUT2D eigenvalue weighted by Crippen LogP contribution is -2.14. The van der Waals surface area contributed by atoms with E-state index in [0.717, 1.165) is 11.4 Å². The Kier molecular flexibility index (Phi) is 3.70. The van der Waals surface area contributed by atoms with Gasteiger partial charge in [0.1, 0.15) is 11.5 Å². The van der Waals surface area contributed by atoms with Crippen LogP contribution in [0.3, 0.4) is 0 Å². The molecule has 0 saturated carbocycles. The summed E-state index contributed by atoms with van der Waals surface area (Å²) < 4.78 is 15.6. The van der Waals surface area contributed by atoms with Gasteiger partial charge in [0.05, 0.1) is 0 Å². The lowest BCUT2D eigenvalue weighted by atomic mass is 10.2. The molecule has 1 aliphatic heterocycles. The van der Waals surface area contributed by atoms with Crippen molar-refractivity contribution in [1.29, 1.82) is 0 Å². The Bertz CT molecular complexity index is 938. The van der Waals surface area contributed by atoms with Crippen molar-refractivity contribution in [3.05, 3.63) is 54.0 Å². The molecule has 0 fully saturated rings. The molecule has 0 saturated heterocycles. The molecule has 126 valence electrons. The van der Waals surface area contributed by atoms with Gasteiger partial charge in [-0.15, -0.1) is 0 Å². The topological polar surface area (TPSA) is 98.5 Å². The monoisotopic (exact) mass is 338 g/mol. The van der Waals surface area contributed by atoms with E-state index in [1.165, 1.54) is 0 Å². The van der Waals surface area contributed by atoms with Gasteiger partial charge in [0, 0.05) is 29.7 Å². The first kappa shape index (κ1) is 15.0. The van der Waals surface area contributed by atoms with Gasteiger partial charge in [0.25, 0.3) is 5.91 Å². The number of aryl methyl sites for hydroxylation is 1. The van der Waals surface area contributed by atoms with Crippen molar-refractivity contribution in [3.63, 3.8) is 0 Å². The summed E-state index contributed by atoms with van der Waals surface area (Å²) >= 11 is 0. The zero-order valence-corrected chi connectivity index (χ0v) is 13.3. The molecule has 1 amide bonds. The SMILES string of the molecule is Cc1cc(NC(=O)c2cc(Nc3ccc4c(c3)OCO4)ccn2)no1. The molecule has 3 aromatic rings. The van der Waals surface area contributed by atoms with Crippen molar-refractivity contribution in [2.75, 3.05) is 17.4 Å². The first-order chi connectivity index (χ1) is 12.2. The third kappa shape index (κ3) is 3.23. The predicted molar refractivity (Wildman–Crippen MR) is 89.3 cm³/mol. The van der Waals surface area contributed by atoms with Crippen LogP contribution in [-0.2, 0) is 0 Å². The molecular formula is C17H14N4O4. The van der Waals surface area contributed by atoms with E-state index < -0.39 is 0 Å². The number of rotatable bonds is 4. The van der Waals surface area contributed by atoms with Crippen LogP contribution in [0.2, 0.25) is 0 Å². The number of nitrogens with zero attached hydrogens (tertiary/aromatic N) is 2. The minimum absolute atomic E-state index is 0.222. The Morgan fingerprint density at radius 1 is 1.08 bits per heavy atom. The minimum atomic E-state index is -0.373. The number of fused-ring (bicyclic) bond motifs is 1. The first-order valence-electron chi connectivity index (χ1n) is 7.55. The summed E-state index contributed by atoms with van der Waals surface area (Å²) in [6.45, 7) is 1.97. The zero-order valence-electron chi connectivity index (χ0n) is 13.3. The summed E-state index contributed by atoms with van der Waals surface area (Å²) in [4.78, 5) is 16.3. The van der Waals surface area contributed by atoms with Gasteiger partial charge in [-0.3, -0.25) is 9.78 Å². The van der Waals surface area contributed by atoms with E-state index in [9.17, 15) is 4.79 Å². The van der Waals surface area contributed by atoms with Crippen LogP contribution in [0.1, 0.15) is 16.2 Å². The molecule has 8 heteroatoms. The Morgan fingerprint density at radius 3 is 2.76 bits per heavy atom. The maximum atomic E-state index is 12.3. The third-order valence-corrected chi connectivity index (χ3v) is 3.52. The summed E-state index contributed by atoms with van der Waals surface area (Å²) in [5, 5.41) is 9.57. The molecule has 3 heterocycles. The third-order valence-electron chi connectivity index (χ3n) is 3.52. The van der Waals surface area contributed by atoms with E-state index in [2.05, 4.69) is 20.8 Å². The molecule has 1 aliphatic rings. The maximum absolute atomic E-state index is 12.3. The molecule has 0 unspecified atom stereocenters. The molecule has 0 bridgehead atoms. The van der Waals surface area contributed by atoms with Crippen LogP contribution in [0.5, 0.6) is 11.5 Å². The van der Waals surface area contributed by atoms with Crippen LogP contribution in [0, 0.1) is 6.92 Å².